The van der Waals surface area contributed by atoms with Crippen molar-refractivity contribution in [1.82, 2.24) is 5.32 Å². The predicted octanol–water partition coefficient (Wildman–Crippen LogP) is 2.25. The van der Waals surface area contributed by atoms with Crippen LogP contribution in [0, 0.1) is 0 Å². The lowest BCUT2D eigenvalue weighted by Gasteiger charge is -2.14. The van der Waals surface area contributed by atoms with Gasteiger partial charge in [0.05, 0.1) is 19.5 Å². The molecule has 0 spiro atoms. The van der Waals surface area contributed by atoms with Gasteiger partial charge in [0.25, 0.3) is 0 Å². The van der Waals surface area contributed by atoms with Gasteiger partial charge in [0.1, 0.15) is 0 Å². The van der Waals surface area contributed by atoms with Gasteiger partial charge in [0, 0.05) is 13.7 Å². The molecular weight excluding hydrogens is 202 g/mol. The number of hydrogen-bond donors (Lipinski definition) is 1. The van der Waals surface area contributed by atoms with Crippen LogP contribution in [0.2, 0.25) is 0 Å². The maximum atomic E-state index is 5.33. The average Bonchev–Trinajstić information content (AvgIpc) is 2.34. The van der Waals surface area contributed by atoms with E-state index in [0.29, 0.717) is 0 Å². The van der Waals surface area contributed by atoms with Gasteiger partial charge in [-0.2, -0.15) is 0 Å². The molecule has 1 aliphatic heterocycles. The molecule has 0 aliphatic carbocycles. The van der Waals surface area contributed by atoms with E-state index in [2.05, 4.69) is 18.3 Å². The van der Waals surface area contributed by atoms with Crippen molar-refractivity contribution in [3.05, 3.63) is 23.5 Å². The lowest BCUT2D eigenvalue weighted by molar-refractivity contribution is 0.199. The largest absolute Gasteiger partial charge is 0.501 e. The summed E-state index contributed by atoms with van der Waals surface area (Å²) < 4.78 is 10.3. The third-order valence-electron chi connectivity index (χ3n) is 2.70. The molecule has 16 heavy (non-hydrogen) atoms. The van der Waals surface area contributed by atoms with Crippen molar-refractivity contribution in [3.8, 4) is 0 Å². The highest BCUT2D eigenvalue weighted by atomic mass is 16.5. The van der Waals surface area contributed by atoms with Crippen LogP contribution in [0.15, 0.2) is 23.5 Å². The Morgan fingerprint density at radius 1 is 1.56 bits per heavy atom. The lowest BCUT2D eigenvalue weighted by atomic mass is 10.0. The van der Waals surface area contributed by atoms with Gasteiger partial charge in [-0.1, -0.05) is 6.08 Å². The fourth-order valence-corrected chi connectivity index (χ4v) is 1.68. The lowest BCUT2D eigenvalue weighted by Crippen LogP contribution is -2.19. The van der Waals surface area contributed by atoms with Crippen LogP contribution in [0.1, 0.15) is 26.2 Å². The zero-order valence-electron chi connectivity index (χ0n) is 10.4. The van der Waals surface area contributed by atoms with Crippen LogP contribution in [0.3, 0.4) is 0 Å². The van der Waals surface area contributed by atoms with Gasteiger partial charge in [0.15, 0.2) is 0 Å². The second-order valence-corrected chi connectivity index (χ2v) is 4.04. The molecule has 0 saturated heterocycles. The maximum absolute atomic E-state index is 5.33. The third-order valence-corrected chi connectivity index (χ3v) is 2.70. The van der Waals surface area contributed by atoms with Crippen molar-refractivity contribution in [1.29, 1.82) is 0 Å². The van der Waals surface area contributed by atoms with Crippen molar-refractivity contribution in [2.24, 2.45) is 0 Å². The van der Waals surface area contributed by atoms with E-state index in [0.717, 1.165) is 45.6 Å². The van der Waals surface area contributed by atoms with E-state index in [-0.39, 0.29) is 0 Å². The van der Waals surface area contributed by atoms with Crippen LogP contribution in [0.25, 0.3) is 0 Å². The minimum atomic E-state index is 0.779. The molecule has 0 fully saturated rings. The summed E-state index contributed by atoms with van der Waals surface area (Å²) in [5.41, 5.74) is 2.70. The molecule has 0 bridgehead atoms. The topological polar surface area (TPSA) is 30.5 Å². The quantitative estimate of drug-likeness (QED) is 0.674. The fourth-order valence-electron chi connectivity index (χ4n) is 1.68. The molecule has 0 unspecified atom stereocenters. The first kappa shape index (κ1) is 13.3. The summed E-state index contributed by atoms with van der Waals surface area (Å²) in [6.07, 6.45) is 7.55. The van der Waals surface area contributed by atoms with E-state index in [9.17, 15) is 0 Å². The zero-order chi connectivity index (χ0) is 11.6. The van der Waals surface area contributed by atoms with E-state index >= 15 is 0 Å². The molecule has 0 amide bonds. The van der Waals surface area contributed by atoms with E-state index < -0.39 is 0 Å². The molecule has 1 N–H and O–H groups in total. The second kappa shape index (κ2) is 8.36. The van der Waals surface area contributed by atoms with E-state index in [1.165, 1.54) is 11.1 Å². The van der Waals surface area contributed by atoms with Crippen molar-refractivity contribution in [3.63, 3.8) is 0 Å². The molecule has 0 aromatic carbocycles. The molecule has 92 valence electrons. The minimum absolute atomic E-state index is 0.779. The predicted molar refractivity (Wildman–Crippen MR) is 66.4 cm³/mol. The first-order valence-electron chi connectivity index (χ1n) is 6.02. The SMILES string of the molecule is COCCNCC/C=C(/C)C1=COCCC1. The highest BCUT2D eigenvalue weighted by Crippen LogP contribution is 2.19. The van der Waals surface area contributed by atoms with Gasteiger partial charge in [-0.3, -0.25) is 0 Å². The molecule has 3 heteroatoms. The number of nitrogens with one attached hydrogen (secondary N) is 1. The normalized spacial score (nSPS) is 16.9. The number of ether oxygens (including phenoxy) is 2. The number of hydrogen-bond acceptors (Lipinski definition) is 3. The number of allylic oxidation sites excluding steroid dienone is 2. The van der Waals surface area contributed by atoms with Gasteiger partial charge < -0.3 is 14.8 Å². The maximum Gasteiger partial charge on any atom is 0.0876 e. The summed E-state index contributed by atoms with van der Waals surface area (Å²) in [6.45, 7) is 5.75. The number of methoxy groups -OCH3 is 1. The first-order chi connectivity index (χ1) is 7.84. The van der Waals surface area contributed by atoms with Gasteiger partial charge in [-0.25, -0.2) is 0 Å². The van der Waals surface area contributed by atoms with Crippen molar-refractivity contribution < 1.29 is 9.47 Å². The van der Waals surface area contributed by atoms with Crippen LogP contribution < -0.4 is 5.32 Å². The molecule has 0 aromatic rings. The molecule has 1 aliphatic rings. The first-order valence-corrected chi connectivity index (χ1v) is 6.02. The smallest absolute Gasteiger partial charge is 0.0876 e. The summed E-state index contributed by atoms with van der Waals surface area (Å²) >= 11 is 0. The Kier molecular flexibility index (Phi) is 6.93. The van der Waals surface area contributed by atoms with E-state index in [1.54, 1.807) is 7.11 Å². The Bertz CT molecular complexity index is 246. The Labute approximate surface area is 98.5 Å². The zero-order valence-corrected chi connectivity index (χ0v) is 10.4. The van der Waals surface area contributed by atoms with Gasteiger partial charge in [-0.15, -0.1) is 0 Å². The molecule has 0 radical (unpaired) electrons. The summed E-state index contributed by atoms with van der Waals surface area (Å²) in [5.74, 6) is 0. The van der Waals surface area contributed by atoms with Gasteiger partial charge >= 0.3 is 0 Å². The minimum Gasteiger partial charge on any atom is -0.501 e. The molecule has 0 saturated carbocycles. The Hall–Kier alpha value is -0.800. The van der Waals surface area contributed by atoms with Crippen LogP contribution in [-0.4, -0.2) is 33.4 Å². The Morgan fingerprint density at radius 2 is 2.44 bits per heavy atom. The molecule has 1 rings (SSSR count). The van der Waals surface area contributed by atoms with Gasteiger partial charge in [0.2, 0.25) is 0 Å². The van der Waals surface area contributed by atoms with Crippen molar-refractivity contribution in [2.45, 2.75) is 26.2 Å². The summed E-state index contributed by atoms with van der Waals surface area (Å²) in [5, 5.41) is 3.32. The van der Waals surface area contributed by atoms with Crippen LogP contribution in [0.4, 0.5) is 0 Å². The molecule has 1 heterocycles. The molecular formula is C13H23NO2. The fraction of sp³-hybridized carbons (Fsp3) is 0.692. The molecule has 0 aromatic heterocycles. The summed E-state index contributed by atoms with van der Waals surface area (Å²) in [7, 11) is 1.72. The van der Waals surface area contributed by atoms with Crippen LogP contribution in [0.5, 0.6) is 0 Å². The molecule has 3 nitrogen and oxygen atoms in total. The Balaban J connectivity index is 2.15. The Morgan fingerprint density at radius 3 is 3.12 bits per heavy atom. The average molecular weight is 225 g/mol. The second-order valence-electron chi connectivity index (χ2n) is 4.04. The van der Waals surface area contributed by atoms with Gasteiger partial charge in [-0.05, 0) is 43.9 Å². The standard InChI is InChI=1S/C13H23NO2/c1-12(13-6-4-9-16-11-13)5-3-7-14-8-10-15-2/h5,11,14H,3-4,6-10H2,1-2H3/b12-5-. The monoisotopic (exact) mass is 225 g/mol. The van der Waals surface area contributed by atoms with Crippen LogP contribution >= 0.6 is 0 Å². The highest BCUT2D eigenvalue weighted by Gasteiger charge is 2.05. The van der Waals surface area contributed by atoms with Crippen molar-refractivity contribution in [2.75, 3.05) is 33.4 Å². The van der Waals surface area contributed by atoms with Crippen LogP contribution in [-0.2, 0) is 9.47 Å². The summed E-state index contributed by atoms with van der Waals surface area (Å²) in [6, 6.07) is 0. The molecule has 0 atom stereocenters. The summed E-state index contributed by atoms with van der Waals surface area (Å²) in [4.78, 5) is 0. The van der Waals surface area contributed by atoms with Crippen molar-refractivity contribution >= 4 is 0 Å². The highest BCUT2D eigenvalue weighted by molar-refractivity contribution is 5.28. The third kappa shape index (κ3) is 5.33. The van der Waals surface area contributed by atoms with E-state index in [1.807, 2.05) is 6.26 Å². The van der Waals surface area contributed by atoms with E-state index in [4.69, 9.17) is 9.47 Å². The number of rotatable bonds is 7.